The van der Waals surface area contributed by atoms with E-state index in [-0.39, 0.29) is 5.75 Å². The molecule has 1 N–H and O–H groups in total. The predicted octanol–water partition coefficient (Wildman–Crippen LogP) is 5.03. The number of nitrogens with one attached hydrogen (secondary N) is 1. The van der Waals surface area contributed by atoms with Gasteiger partial charge in [-0.1, -0.05) is 44.7 Å². The summed E-state index contributed by atoms with van der Waals surface area (Å²) >= 11 is 0. The number of halogens is 3. The predicted molar refractivity (Wildman–Crippen MR) is 78.2 cm³/mol. The largest absolute Gasteiger partial charge is 0.573 e. The summed E-state index contributed by atoms with van der Waals surface area (Å²) in [6.07, 6.45) is 1.32. The fourth-order valence-corrected chi connectivity index (χ4v) is 2.12. The Morgan fingerprint density at radius 2 is 1.95 bits per heavy atom. The average molecular weight is 303 g/mol. The minimum Gasteiger partial charge on any atom is -0.406 e. The molecule has 0 bridgehead atoms. The number of hydrogen-bond acceptors (Lipinski definition) is 2. The summed E-state index contributed by atoms with van der Waals surface area (Å²) in [6.45, 7) is 4.82. The van der Waals surface area contributed by atoms with E-state index >= 15 is 0 Å². The lowest BCUT2D eigenvalue weighted by Crippen LogP contribution is -2.25. The highest BCUT2D eigenvalue weighted by Gasteiger charge is 2.31. The van der Waals surface area contributed by atoms with Gasteiger partial charge in [0.25, 0.3) is 0 Å². The molecule has 0 aliphatic carbocycles. The van der Waals surface area contributed by atoms with Crippen LogP contribution in [0.5, 0.6) is 5.75 Å². The molecule has 0 aliphatic rings. The fraction of sp³-hybridized carbons (Fsp3) is 0.625. The zero-order chi connectivity index (χ0) is 15.7. The first-order chi connectivity index (χ1) is 9.90. The van der Waals surface area contributed by atoms with Crippen LogP contribution in [0.3, 0.4) is 0 Å². The molecule has 1 atom stereocenters. The van der Waals surface area contributed by atoms with Crippen LogP contribution in [0, 0.1) is 0 Å². The Morgan fingerprint density at radius 3 is 2.62 bits per heavy atom. The van der Waals surface area contributed by atoms with E-state index in [1.54, 1.807) is 12.1 Å². The molecule has 2 nitrogen and oxygen atoms in total. The molecule has 21 heavy (non-hydrogen) atoms. The van der Waals surface area contributed by atoms with Crippen LogP contribution in [0.1, 0.15) is 51.5 Å². The quantitative estimate of drug-likeness (QED) is 0.646. The monoisotopic (exact) mass is 303 g/mol. The molecule has 0 aliphatic heterocycles. The zero-order valence-corrected chi connectivity index (χ0v) is 12.7. The molecule has 0 spiro atoms. The normalized spacial score (nSPS) is 13.2. The van der Waals surface area contributed by atoms with Crippen molar-refractivity contribution in [2.24, 2.45) is 0 Å². The third kappa shape index (κ3) is 8.60. The van der Waals surface area contributed by atoms with Crippen molar-refractivity contribution in [3.63, 3.8) is 0 Å². The van der Waals surface area contributed by atoms with Crippen molar-refractivity contribution < 1.29 is 17.9 Å². The first-order valence-corrected chi connectivity index (χ1v) is 7.49. The standard InChI is InChI=1S/C16H24F3NO/c1-3-4-5-6-8-13(2)20-12-14-9-7-10-15(11-14)21-16(17,18)19/h7,9-11,13,20H,3-6,8,12H2,1-2H3. The Hall–Kier alpha value is -1.23. The third-order valence-corrected chi connectivity index (χ3v) is 3.28. The Balaban J connectivity index is 2.36. The Bertz CT molecular complexity index is 407. The number of benzene rings is 1. The van der Waals surface area contributed by atoms with Crippen LogP contribution in [0.15, 0.2) is 24.3 Å². The maximum absolute atomic E-state index is 12.2. The Morgan fingerprint density at radius 1 is 1.19 bits per heavy atom. The van der Waals surface area contributed by atoms with Gasteiger partial charge in [-0.2, -0.15) is 0 Å². The first-order valence-electron chi connectivity index (χ1n) is 7.49. The van der Waals surface area contributed by atoms with E-state index in [1.807, 2.05) is 0 Å². The lowest BCUT2D eigenvalue weighted by molar-refractivity contribution is -0.274. The van der Waals surface area contributed by atoms with Crippen LogP contribution in [0.4, 0.5) is 13.2 Å². The van der Waals surface area contributed by atoms with Gasteiger partial charge in [0.1, 0.15) is 5.75 Å². The van der Waals surface area contributed by atoms with Gasteiger partial charge in [0.05, 0.1) is 0 Å². The lowest BCUT2D eigenvalue weighted by atomic mass is 10.1. The van der Waals surface area contributed by atoms with E-state index in [9.17, 15) is 13.2 Å². The second kappa shape index (κ2) is 8.93. The van der Waals surface area contributed by atoms with Crippen molar-refractivity contribution >= 4 is 0 Å². The van der Waals surface area contributed by atoms with Crippen LogP contribution in [0.2, 0.25) is 0 Å². The van der Waals surface area contributed by atoms with E-state index in [0.717, 1.165) is 12.0 Å². The van der Waals surface area contributed by atoms with E-state index < -0.39 is 6.36 Å². The molecule has 1 aromatic rings. The van der Waals surface area contributed by atoms with E-state index in [4.69, 9.17) is 0 Å². The van der Waals surface area contributed by atoms with E-state index in [0.29, 0.717) is 12.6 Å². The summed E-state index contributed by atoms with van der Waals surface area (Å²) < 4.78 is 40.4. The molecule has 5 heteroatoms. The average Bonchev–Trinajstić information content (AvgIpc) is 2.40. The van der Waals surface area contributed by atoms with Crippen molar-refractivity contribution in [1.29, 1.82) is 0 Å². The SMILES string of the molecule is CCCCCCC(C)NCc1cccc(OC(F)(F)F)c1. The summed E-state index contributed by atoms with van der Waals surface area (Å²) in [7, 11) is 0. The molecule has 0 heterocycles. The number of unbranched alkanes of at least 4 members (excludes halogenated alkanes) is 3. The second-order valence-electron chi connectivity index (χ2n) is 5.33. The molecule has 0 aromatic heterocycles. The molecule has 1 aromatic carbocycles. The van der Waals surface area contributed by atoms with Gasteiger partial charge >= 0.3 is 6.36 Å². The maximum Gasteiger partial charge on any atom is 0.573 e. The first kappa shape index (κ1) is 17.8. The molecule has 0 saturated carbocycles. The highest BCUT2D eigenvalue weighted by Crippen LogP contribution is 2.23. The van der Waals surface area contributed by atoms with Gasteiger partial charge in [0, 0.05) is 12.6 Å². The van der Waals surface area contributed by atoms with Crippen molar-refractivity contribution in [2.45, 2.75) is 64.9 Å². The Labute approximate surface area is 124 Å². The van der Waals surface area contributed by atoms with Gasteiger partial charge in [-0.15, -0.1) is 13.2 Å². The Kier molecular flexibility index (Phi) is 7.57. The molecule has 0 radical (unpaired) electrons. The van der Waals surface area contributed by atoms with Crippen LogP contribution < -0.4 is 10.1 Å². The lowest BCUT2D eigenvalue weighted by Gasteiger charge is -2.14. The van der Waals surface area contributed by atoms with Gasteiger partial charge in [-0.25, -0.2) is 0 Å². The van der Waals surface area contributed by atoms with Gasteiger partial charge < -0.3 is 10.1 Å². The minimum atomic E-state index is -4.64. The summed E-state index contributed by atoms with van der Waals surface area (Å²) in [5, 5.41) is 3.33. The van der Waals surface area contributed by atoms with Gasteiger partial charge in [-0.3, -0.25) is 0 Å². The van der Waals surface area contributed by atoms with E-state index in [1.165, 1.54) is 37.8 Å². The minimum absolute atomic E-state index is 0.169. The number of rotatable bonds is 9. The molecule has 0 amide bonds. The fourth-order valence-electron chi connectivity index (χ4n) is 2.12. The number of hydrogen-bond donors (Lipinski definition) is 1. The van der Waals surface area contributed by atoms with Crippen molar-refractivity contribution in [1.82, 2.24) is 5.32 Å². The molecular weight excluding hydrogens is 279 g/mol. The summed E-state index contributed by atoms with van der Waals surface area (Å²) in [4.78, 5) is 0. The van der Waals surface area contributed by atoms with E-state index in [2.05, 4.69) is 23.9 Å². The van der Waals surface area contributed by atoms with Crippen molar-refractivity contribution in [2.75, 3.05) is 0 Å². The summed E-state index contributed by atoms with van der Waals surface area (Å²) in [6, 6.07) is 6.45. The summed E-state index contributed by atoms with van der Waals surface area (Å²) in [5.41, 5.74) is 0.789. The smallest absolute Gasteiger partial charge is 0.406 e. The molecule has 0 saturated heterocycles. The van der Waals surface area contributed by atoms with Crippen LogP contribution in [-0.4, -0.2) is 12.4 Å². The molecule has 1 unspecified atom stereocenters. The highest BCUT2D eigenvalue weighted by molar-refractivity contribution is 5.28. The molecule has 120 valence electrons. The maximum atomic E-state index is 12.2. The van der Waals surface area contributed by atoms with Crippen molar-refractivity contribution in [3.8, 4) is 5.75 Å². The molecular formula is C16H24F3NO. The molecule has 1 rings (SSSR count). The number of ether oxygens (including phenoxy) is 1. The van der Waals surface area contributed by atoms with Crippen LogP contribution in [-0.2, 0) is 6.54 Å². The van der Waals surface area contributed by atoms with Crippen LogP contribution >= 0.6 is 0 Å². The van der Waals surface area contributed by atoms with Gasteiger partial charge in [0.2, 0.25) is 0 Å². The zero-order valence-electron chi connectivity index (χ0n) is 12.7. The van der Waals surface area contributed by atoms with Crippen molar-refractivity contribution in [3.05, 3.63) is 29.8 Å². The second-order valence-corrected chi connectivity index (χ2v) is 5.33. The molecule has 0 fully saturated rings. The summed E-state index contributed by atoms with van der Waals surface area (Å²) in [5.74, 6) is -0.169. The highest BCUT2D eigenvalue weighted by atomic mass is 19.4. The third-order valence-electron chi connectivity index (χ3n) is 3.28. The van der Waals surface area contributed by atoms with Crippen LogP contribution in [0.25, 0.3) is 0 Å². The number of alkyl halides is 3. The topological polar surface area (TPSA) is 21.3 Å². The van der Waals surface area contributed by atoms with Gasteiger partial charge in [-0.05, 0) is 31.0 Å². The van der Waals surface area contributed by atoms with Gasteiger partial charge in [0.15, 0.2) is 0 Å².